The quantitative estimate of drug-likeness (QED) is 0.746. The molecule has 24 heavy (non-hydrogen) atoms. The first-order valence-corrected chi connectivity index (χ1v) is 8.97. The van der Waals surface area contributed by atoms with E-state index in [9.17, 15) is 9.59 Å². The normalized spacial score (nSPS) is 17.2. The number of hydrogen-bond donors (Lipinski definition) is 1. The summed E-state index contributed by atoms with van der Waals surface area (Å²) in [5, 5.41) is 2.95. The van der Waals surface area contributed by atoms with Gasteiger partial charge in [-0.1, -0.05) is 24.3 Å². The lowest BCUT2D eigenvalue weighted by Crippen LogP contribution is -2.28. The lowest BCUT2D eigenvalue weighted by molar-refractivity contribution is -0.122. The number of para-hydroxylation sites is 1. The van der Waals surface area contributed by atoms with Crippen molar-refractivity contribution in [2.45, 2.75) is 20.3 Å². The minimum absolute atomic E-state index is 0.00612. The zero-order valence-electron chi connectivity index (χ0n) is 13.7. The molecule has 0 bridgehead atoms. The minimum atomic E-state index is -0.326. The monoisotopic (exact) mass is 434 g/mol. The zero-order chi connectivity index (χ0) is 17.3. The first-order chi connectivity index (χ1) is 11.5. The molecule has 4 nitrogen and oxygen atoms in total. The number of carbonyl (C=O) groups excluding carboxylic acids is 2. The van der Waals surface area contributed by atoms with Crippen LogP contribution in [0.5, 0.6) is 0 Å². The molecule has 5 heteroatoms. The third kappa shape index (κ3) is 3.31. The lowest BCUT2D eigenvalue weighted by atomic mass is 10.1. The number of amides is 2. The summed E-state index contributed by atoms with van der Waals surface area (Å²) in [4.78, 5) is 26.7. The molecule has 2 aromatic rings. The third-order valence-corrected chi connectivity index (χ3v) is 5.44. The van der Waals surface area contributed by atoms with Crippen molar-refractivity contribution in [2.24, 2.45) is 5.92 Å². The van der Waals surface area contributed by atoms with Crippen LogP contribution in [0, 0.1) is 23.3 Å². The molecule has 0 aromatic heterocycles. The summed E-state index contributed by atoms with van der Waals surface area (Å²) in [6.07, 6.45) is 0.253. The molecule has 1 unspecified atom stereocenters. The summed E-state index contributed by atoms with van der Waals surface area (Å²) < 4.78 is 0.985. The number of anilines is 2. The van der Waals surface area contributed by atoms with Gasteiger partial charge in [-0.15, -0.1) is 0 Å². The van der Waals surface area contributed by atoms with Gasteiger partial charge < -0.3 is 10.2 Å². The molecule has 124 valence electrons. The van der Waals surface area contributed by atoms with E-state index in [2.05, 4.69) is 27.9 Å². The van der Waals surface area contributed by atoms with Gasteiger partial charge in [-0.3, -0.25) is 9.59 Å². The van der Waals surface area contributed by atoms with E-state index >= 15 is 0 Å². The fraction of sp³-hybridized carbons (Fsp3) is 0.263. The second-order valence-corrected chi connectivity index (χ2v) is 7.26. The highest BCUT2D eigenvalue weighted by Gasteiger charge is 2.35. The van der Waals surface area contributed by atoms with Crippen molar-refractivity contribution >= 4 is 45.8 Å². The van der Waals surface area contributed by atoms with Crippen molar-refractivity contribution in [1.29, 1.82) is 0 Å². The van der Waals surface area contributed by atoms with Crippen molar-refractivity contribution in [3.05, 3.63) is 57.2 Å². The van der Waals surface area contributed by atoms with Crippen LogP contribution >= 0.6 is 22.6 Å². The molecule has 1 N–H and O–H groups in total. The van der Waals surface area contributed by atoms with Crippen LogP contribution in [0.1, 0.15) is 17.5 Å². The second-order valence-electron chi connectivity index (χ2n) is 6.09. The van der Waals surface area contributed by atoms with Gasteiger partial charge in [0, 0.05) is 22.2 Å². The maximum absolute atomic E-state index is 12.5. The number of hydrogen-bond acceptors (Lipinski definition) is 2. The van der Waals surface area contributed by atoms with Gasteiger partial charge in [-0.2, -0.15) is 0 Å². The number of nitrogens with zero attached hydrogens (tertiary/aromatic N) is 1. The van der Waals surface area contributed by atoms with Crippen LogP contribution in [-0.4, -0.2) is 18.4 Å². The molecule has 0 radical (unpaired) electrons. The molecular weight excluding hydrogens is 415 g/mol. The van der Waals surface area contributed by atoms with Crippen molar-refractivity contribution in [1.82, 2.24) is 0 Å². The largest absolute Gasteiger partial charge is 0.325 e. The lowest BCUT2D eigenvalue weighted by Gasteiger charge is -2.20. The molecule has 2 amide bonds. The fourth-order valence-electron chi connectivity index (χ4n) is 2.94. The Bertz CT molecular complexity index is 804. The van der Waals surface area contributed by atoms with Crippen molar-refractivity contribution in [3.8, 4) is 0 Å². The number of benzene rings is 2. The van der Waals surface area contributed by atoms with Gasteiger partial charge in [0.1, 0.15) is 0 Å². The highest BCUT2D eigenvalue weighted by Crippen LogP contribution is 2.30. The maximum Gasteiger partial charge on any atom is 0.229 e. The van der Waals surface area contributed by atoms with Gasteiger partial charge in [0.25, 0.3) is 0 Å². The van der Waals surface area contributed by atoms with E-state index in [1.807, 2.05) is 56.3 Å². The van der Waals surface area contributed by atoms with E-state index in [4.69, 9.17) is 0 Å². The highest BCUT2D eigenvalue weighted by molar-refractivity contribution is 14.1. The summed E-state index contributed by atoms with van der Waals surface area (Å²) in [6.45, 7) is 4.47. The average Bonchev–Trinajstić information content (AvgIpc) is 2.94. The molecule has 0 saturated carbocycles. The molecule has 0 aliphatic carbocycles. The highest BCUT2D eigenvalue weighted by atomic mass is 127. The molecule has 0 spiro atoms. The van der Waals surface area contributed by atoms with Gasteiger partial charge in [-0.25, -0.2) is 0 Å². The van der Waals surface area contributed by atoms with Crippen LogP contribution in [0.3, 0.4) is 0 Å². The molecule has 1 aliphatic rings. The number of carbonyl (C=O) groups is 2. The molecule has 1 saturated heterocycles. The predicted molar refractivity (Wildman–Crippen MR) is 104 cm³/mol. The average molecular weight is 434 g/mol. The van der Waals surface area contributed by atoms with E-state index in [1.165, 1.54) is 0 Å². The molecule has 1 aliphatic heterocycles. The van der Waals surface area contributed by atoms with Crippen LogP contribution in [0.15, 0.2) is 42.5 Å². The molecule has 1 heterocycles. The van der Waals surface area contributed by atoms with Crippen LogP contribution in [0.2, 0.25) is 0 Å². The Kier molecular flexibility index (Phi) is 4.89. The molecular formula is C19H19IN2O2. The van der Waals surface area contributed by atoms with Gasteiger partial charge in [0.05, 0.1) is 11.6 Å². The topological polar surface area (TPSA) is 49.4 Å². The third-order valence-electron chi connectivity index (χ3n) is 4.49. The van der Waals surface area contributed by atoms with Gasteiger partial charge in [0.15, 0.2) is 0 Å². The molecule has 2 aromatic carbocycles. The fourth-order valence-corrected chi connectivity index (χ4v) is 3.46. The Morgan fingerprint density at radius 2 is 1.92 bits per heavy atom. The second kappa shape index (κ2) is 6.93. The zero-order valence-corrected chi connectivity index (χ0v) is 15.8. The Morgan fingerprint density at radius 3 is 2.67 bits per heavy atom. The van der Waals surface area contributed by atoms with E-state index in [0.29, 0.717) is 6.54 Å². The Balaban J connectivity index is 1.76. The summed E-state index contributed by atoms with van der Waals surface area (Å²) in [5.41, 5.74) is 3.93. The van der Waals surface area contributed by atoms with E-state index < -0.39 is 0 Å². The minimum Gasteiger partial charge on any atom is -0.325 e. The summed E-state index contributed by atoms with van der Waals surface area (Å²) in [7, 11) is 0. The Labute approximate surface area is 155 Å². The number of rotatable bonds is 3. The molecule has 1 atom stereocenters. The van der Waals surface area contributed by atoms with Gasteiger partial charge in [-0.05, 0) is 65.8 Å². The number of nitrogens with one attached hydrogen (secondary N) is 1. The first kappa shape index (κ1) is 17.0. The van der Waals surface area contributed by atoms with Crippen LogP contribution < -0.4 is 10.2 Å². The first-order valence-electron chi connectivity index (χ1n) is 7.89. The van der Waals surface area contributed by atoms with Crippen molar-refractivity contribution < 1.29 is 9.59 Å². The number of halogens is 1. The van der Waals surface area contributed by atoms with Gasteiger partial charge in [0.2, 0.25) is 11.8 Å². The molecule has 1 fully saturated rings. The summed E-state index contributed by atoms with van der Waals surface area (Å²) in [6, 6.07) is 13.6. The van der Waals surface area contributed by atoms with Crippen molar-refractivity contribution in [2.75, 3.05) is 16.8 Å². The summed E-state index contributed by atoms with van der Waals surface area (Å²) >= 11 is 2.19. The van der Waals surface area contributed by atoms with E-state index in [-0.39, 0.29) is 24.2 Å². The van der Waals surface area contributed by atoms with Gasteiger partial charge >= 0.3 is 0 Å². The smallest absolute Gasteiger partial charge is 0.229 e. The maximum atomic E-state index is 12.5. The predicted octanol–water partition coefficient (Wildman–Crippen LogP) is 3.90. The van der Waals surface area contributed by atoms with Crippen LogP contribution in [-0.2, 0) is 9.59 Å². The SMILES string of the molecule is Cc1cccc(N2CC(C(=O)Nc3ccccc3I)CC2=O)c1C. The number of aryl methyl sites for hydroxylation is 1. The Hall–Kier alpha value is -1.89. The van der Waals surface area contributed by atoms with Crippen LogP contribution in [0.4, 0.5) is 11.4 Å². The summed E-state index contributed by atoms with van der Waals surface area (Å²) in [5.74, 6) is -0.416. The standard InChI is InChI=1S/C19H19IN2O2/c1-12-6-5-9-17(13(12)2)22-11-14(10-18(22)23)19(24)21-16-8-4-3-7-15(16)20/h3-9,14H,10-11H2,1-2H3,(H,21,24). The van der Waals surface area contributed by atoms with E-state index in [0.717, 1.165) is 26.1 Å². The molecule has 3 rings (SSSR count). The Morgan fingerprint density at radius 1 is 1.17 bits per heavy atom. The van der Waals surface area contributed by atoms with E-state index in [1.54, 1.807) is 4.90 Å². The van der Waals surface area contributed by atoms with Crippen molar-refractivity contribution in [3.63, 3.8) is 0 Å². The van der Waals surface area contributed by atoms with Crippen LogP contribution in [0.25, 0.3) is 0 Å².